The Kier molecular flexibility index (Phi) is 6.50. The minimum absolute atomic E-state index is 0.0839. The van der Waals surface area contributed by atoms with Gasteiger partial charge >= 0.3 is 0 Å². The lowest BCUT2D eigenvalue weighted by Gasteiger charge is -2.37. The number of likely N-dealkylation sites (N-methyl/N-ethyl adjacent to an activating group) is 1. The zero-order valence-corrected chi connectivity index (χ0v) is 15.4. The smallest absolute Gasteiger partial charge is 0.241 e. The van der Waals surface area contributed by atoms with Crippen LogP contribution in [0, 0.1) is 12.7 Å². The zero-order chi connectivity index (χ0) is 18.6. The summed E-state index contributed by atoms with van der Waals surface area (Å²) in [5.74, 6) is -0.397. The summed E-state index contributed by atoms with van der Waals surface area (Å²) in [5.41, 5.74) is 1.02. The van der Waals surface area contributed by atoms with Crippen molar-refractivity contribution in [1.29, 1.82) is 0 Å². The number of halogens is 1. The number of rotatable bonds is 5. The Morgan fingerprint density at radius 3 is 2.44 bits per heavy atom. The number of amides is 2. The molecule has 2 amide bonds. The van der Waals surface area contributed by atoms with Gasteiger partial charge in [0.15, 0.2) is 0 Å². The molecular formula is C18H27FN4O2. The van der Waals surface area contributed by atoms with Crippen LogP contribution in [0.25, 0.3) is 0 Å². The van der Waals surface area contributed by atoms with Gasteiger partial charge in [0.2, 0.25) is 11.8 Å². The van der Waals surface area contributed by atoms with Gasteiger partial charge in [0.25, 0.3) is 0 Å². The number of hydrogen-bond donors (Lipinski definition) is 1. The molecule has 1 aliphatic heterocycles. The van der Waals surface area contributed by atoms with E-state index < -0.39 is 0 Å². The lowest BCUT2D eigenvalue weighted by Crippen LogP contribution is -2.54. The van der Waals surface area contributed by atoms with Crippen LogP contribution < -0.4 is 5.32 Å². The first-order valence-corrected chi connectivity index (χ1v) is 8.51. The number of hydrogen-bond acceptors (Lipinski definition) is 4. The van der Waals surface area contributed by atoms with Crippen molar-refractivity contribution in [3.63, 3.8) is 0 Å². The van der Waals surface area contributed by atoms with E-state index in [-0.39, 0.29) is 23.7 Å². The van der Waals surface area contributed by atoms with Crippen molar-refractivity contribution in [1.82, 2.24) is 14.7 Å². The number of aryl methyl sites for hydroxylation is 1. The second kappa shape index (κ2) is 8.40. The molecule has 6 nitrogen and oxygen atoms in total. The predicted octanol–water partition coefficient (Wildman–Crippen LogP) is 1.17. The van der Waals surface area contributed by atoms with Crippen molar-refractivity contribution in [2.45, 2.75) is 19.9 Å². The van der Waals surface area contributed by atoms with Crippen LogP contribution in [0.3, 0.4) is 0 Å². The van der Waals surface area contributed by atoms with E-state index in [2.05, 4.69) is 15.1 Å². The third-order valence-electron chi connectivity index (χ3n) is 4.63. The van der Waals surface area contributed by atoms with E-state index in [1.54, 1.807) is 38.1 Å². The molecule has 138 valence electrons. The minimum atomic E-state index is -0.329. The summed E-state index contributed by atoms with van der Waals surface area (Å²) in [4.78, 5) is 29.9. The van der Waals surface area contributed by atoms with E-state index in [4.69, 9.17) is 0 Å². The largest absolute Gasteiger partial charge is 0.348 e. The van der Waals surface area contributed by atoms with Gasteiger partial charge in [0, 0.05) is 46.0 Å². The molecule has 1 aromatic rings. The Hall–Kier alpha value is -1.99. The van der Waals surface area contributed by atoms with Crippen LogP contribution in [0.2, 0.25) is 0 Å². The fourth-order valence-electron chi connectivity index (χ4n) is 2.72. The van der Waals surface area contributed by atoms with E-state index in [9.17, 15) is 14.0 Å². The van der Waals surface area contributed by atoms with Crippen molar-refractivity contribution in [3.8, 4) is 0 Å². The van der Waals surface area contributed by atoms with Crippen LogP contribution in [0.15, 0.2) is 18.2 Å². The van der Waals surface area contributed by atoms with Gasteiger partial charge in [-0.3, -0.25) is 19.4 Å². The zero-order valence-electron chi connectivity index (χ0n) is 15.4. The monoisotopic (exact) mass is 350 g/mol. The Balaban J connectivity index is 1.84. The molecule has 1 N–H and O–H groups in total. The third kappa shape index (κ3) is 5.24. The first-order chi connectivity index (χ1) is 11.8. The Labute approximate surface area is 148 Å². The number of piperazine rings is 1. The predicted molar refractivity (Wildman–Crippen MR) is 95.9 cm³/mol. The molecule has 1 saturated heterocycles. The molecule has 25 heavy (non-hydrogen) atoms. The summed E-state index contributed by atoms with van der Waals surface area (Å²) in [6.45, 7) is 6.87. The van der Waals surface area contributed by atoms with Crippen LogP contribution in [0.4, 0.5) is 10.1 Å². The molecule has 1 aliphatic rings. The van der Waals surface area contributed by atoms with Gasteiger partial charge in [-0.1, -0.05) is 6.07 Å². The molecule has 2 rings (SSSR count). The maximum atomic E-state index is 13.6. The first-order valence-electron chi connectivity index (χ1n) is 8.51. The maximum Gasteiger partial charge on any atom is 0.241 e. The quantitative estimate of drug-likeness (QED) is 0.866. The molecule has 1 atom stereocenters. The van der Waals surface area contributed by atoms with Gasteiger partial charge in [-0.05, 0) is 31.5 Å². The molecule has 0 unspecified atom stereocenters. The van der Waals surface area contributed by atoms with Crippen LogP contribution in [0.1, 0.15) is 12.5 Å². The molecule has 0 aromatic heterocycles. The summed E-state index contributed by atoms with van der Waals surface area (Å²) in [6, 6.07) is 4.38. The normalized spacial score (nSPS) is 17.2. The molecule has 0 bridgehead atoms. The molecule has 0 saturated carbocycles. The molecule has 7 heteroatoms. The summed E-state index contributed by atoms with van der Waals surface area (Å²) < 4.78 is 13.6. The Morgan fingerprint density at radius 1 is 1.24 bits per heavy atom. The lowest BCUT2D eigenvalue weighted by molar-refractivity contribution is -0.131. The number of carbonyl (C=O) groups excluding carboxylic acids is 2. The molecule has 1 aromatic carbocycles. The summed E-state index contributed by atoms with van der Waals surface area (Å²) >= 11 is 0. The molecule has 1 heterocycles. The van der Waals surface area contributed by atoms with Crippen molar-refractivity contribution in [2.24, 2.45) is 0 Å². The van der Waals surface area contributed by atoms with E-state index >= 15 is 0 Å². The second-order valence-corrected chi connectivity index (χ2v) is 6.73. The third-order valence-corrected chi connectivity index (χ3v) is 4.63. The van der Waals surface area contributed by atoms with E-state index in [1.165, 1.54) is 6.07 Å². The van der Waals surface area contributed by atoms with Crippen LogP contribution in [-0.2, 0) is 9.59 Å². The summed E-state index contributed by atoms with van der Waals surface area (Å²) in [7, 11) is 3.50. The highest BCUT2D eigenvalue weighted by Crippen LogP contribution is 2.15. The first kappa shape index (κ1) is 19.3. The number of anilines is 1. The highest BCUT2D eigenvalue weighted by molar-refractivity contribution is 5.94. The van der Waals surface area contributed by atoms with Gasteiger partial charge < -0.3 is 10.2 Å². The maximum absolute atomic E-state index is 13.6. The average molecular weight is 350 g/mol. The van der Waals surface area contributed by atoms with Gasteiger partial charge in [-0.25, -0.2) is 4.39 Å². The number of benzene rings is 1. The number of carbonyl (C=O) groups is 2. The van der Waals surface area contributed by atoms with E-state index in [0.717, 1.165) is 26.2 Å². The van der Waals surface area contributed by atoms with Crippen LogP contribution in [0.5, 0.6) is 0 Å². The number of nitrogens with one attached hydrogen (secondary N) is 1. The topological polar surface area (TPSA) is 55.9 Å². The van der Waals surface area contributed by atoms with Gasteiger partial charge in [0.05, 0.1) is 12.6 Å². The standard InChI is InChI=1S/C18H27FN4O2/c1-13-5-6-15(11-16(13)19)20-18(25)14(2)23-9-7-22(8-10-23)12-17(24)21(3)4/h5-6,11,14H,7-10,12H2,1-4H3,(H,20,25)/t14-/m1/s1. The summed E-state index contributed by atoms with van der Waals surface area (Å²) in [6.07, 6.45) is 0. The highest BCUT2D eigenvalue weighted by atomic mass is 19.1. The van der Waals surface area contributed by atoms with Crippen molar-refractivity contribution >= 4 is 17.5 Å². The molecular weight excluding hydrogens is 323 g/mol. The summed E-state index contributed by atoms with van der Waals surface area (Å²) in [5, 5.41) is 2.77. The Bertz CT molecular complexity index is 628. The Morgan fingerprint density at radius 2 is 1.88 bits per heavy atom. The average Bonchev–Trinajstić information content (AvgIpc) is 2.58. The van der Waals surface area contributed by atoms with Gasteiger partial charge in [-0.15, -0.1) is 0 Å². The van der Waals surface area contributed by atoms with E-state index in [0.29, 0.717) is 17.8 Å². The van der Waals surface area contributed by atoms with Crippen molar-refractivity contribution in [2.75, 3.05) is 52.1 Å². The van der Waals surface area contributed by atoms with Crippen molar-refractivity contribution < 1.29 is 14.0 Å². The molecule has 1 fully saturated rings. The fourth-order valence-corrected chi connectivity index (χ4v) is 2.72. The second-order valence-electron chi connectivity index (χ2n) is 6.73. The molecule has 0 radical (unpaired) electrons. The van der Waals surface area contributed by atoms with Gasteiger partial charge in [-0.2, -0.15) is 0 Å². The lowest BCUT2D eigenvalue weighted by atomic mass is 10.2. The van der Waals surface area contributed by atoms with Crippen LogP contribution >= 0.6 is 0 Å². The minimum Gasteiger partial charge on any atom is -0.348 e. The van der Waals surface area contributed by atoms with Gasteiger partial charge in [0.1, 0.15) is 5.82 Å². The number of nitrogens with zero attached hydrogens (tertiary/aromatic N) is 3. The molecule has 0 aliphatic carbocycles. The van der Waals surface area contributed by atoms with E-state index in [1.807, 2.05) is 6.92 Å². The van der Waals surface area contributed by atoms with Crippen LogP contribution in [-0.4, -0.2) is 79.4 Å². The van der Waals surface area contributed by atoms with Crippen molar-refractivity contribution in [3.05, 3.63) is 29.6 Å². The highest BCUT2D eigenvalue weighted by Gasteiger charge is 2.26. The fraction of sp³-hybridized carbons (Fsp3) is 0.556. The molecule has 0 spiro atoms. The SMILES string of the molecule is Cc1ccc(NC(=O)[C@@H](C)N2CCN(CC(=O)N(C)C)CC2)cc1F.